The molecular weight excluding hydrogens is 184 g/mol. The van der Waals surface area contributed by atoms with E-state index >= 15 is 0 Å². The normalized spacial score (nSPS) is 13.7. The third-order valence-electron chi connectivity index (χ3n) is 1.83. The van der Waals surface area contributed by atoms with Crippen molar-refractivity contribution < 1.29 is 20.1 Å². The number of aliphatic hydroxyl groups excluding tert-OH is 1. The Morgan fingerprint density at radius 3 is 2.36 bits per heavy atom. The number of aliphatic hydroxyl groups is 3. The fraction of sp³-hybridized carbons (Fsp3) is 0.400. The van der Waals surface area contributed by atoms with Crippen LogP contribution in [0.5, 0.6) is 5.75 Å². The van der Waals surface area contributed by atoms with Crippen LogP contribution < -0.4 is 4.74 Å². The van der Waals surface area contributed by atoms with Crippen molar-refractivity contribution in [3.63, 3.8) is 0 Å². The zero-order chi connectivity index (χ0) is 10.6. The van der Waals surface area contributed by atoms with E-state index in [0.717, 1.165) is 0 Å². The zero-order valence-electron chi connectivity index (χ0n) is 7.92. The highest BCUT2D eigenvalue weighted by Crippen LogP contribution is 2.18. The van der Waals surface area contributed by atoms with Crippen LogP contribution in [0.25, 0.3) is 0 Å². The molecule has 0 saturated carbocycles. The van der Waals surface area contributed by atoms with Gasteiger partial charge in [-0.3, -0.25) is 0 Å². The Balaban J connectivity index is 2.68. The second kappa shape index (κ2) is 4.41. The molecule has 0 bridgehead atoms. The van der Waals surface area contributed by atoms with Gasteiger partial charge in [0.2, 0.25) is 0 Å². The first kappa shape index (κ1) is 11.0. The van der Waals surface area contributed by atoms with Gasteiger partial charge in [0.25, 0.3) is 0 Å². The summed E-state index contributed by atoms with van der Waals surface area (Å²) in [7, 11) is 0. The minimum atomic E-state index is -2.53. The van der Waals surface area contributed by atoms with Crippen LogP contribution in [-0.4, -0.2) is 27.4 Å². The molecular formula is C10H14O4. The molecule has 4 nitrogen and oxygen atoms in total. The van der Waals surface area contributed by atoms with Crippen molar-refractivity contribution in [2.45, 2.75) is 25.4 Å². The van der Waals surface area contributed by atoms with Crippen LogP contribution in [0.2, 0.25) is 0 Å². The molecule has 1 unspecified atom stereocenters. The molecule has 1 atom stereocenters. The van der Waals surface area contributed by atoms with E-state index in [1.54, 1.807) is 37.3 Å². The van der Waals surface area contributed by atoms with E-state index in [4.69, 9.17) is 4.74 Å². The molecule has 4 heteroatoms. The maximum atomic E-state index is 9.32. The summed E-state index contributed by atoms with van der Waals surface area (Å²) in [5, 5.41) is 27.9. The van der Waals surface area contributed by atoms with Crippen LogP contribution in [0, 0.1) is 0 Å². The number of benzene rings is 1. The molecule has 0 spiro atoms. The molecule has 0 heterocycles. The Kier molecular flexibility index (Phi) is 3.46. The van der Waals surface area contributed by atoms with Crippen LogP contribution in [0.15, 0.2) is 30.3 Å². The van der Waals surface area contributed by atoms with Crippen molar-refractivity contribution in [1.82, 2.24) is 0 Å². The molecule has 3 N–H and O–H groups in total. The molecule has 0 aromatic heterocycles. The number of ether oxygens (including phenoxy) is 1. The van der Waals surface area contributed by atoms with Crippen molar-refractivity contribution in [2.24, 2.45) is 0 Å². The van der Waals surface area contributed by atoms with Crippen molar-refractivity contribution in [3.05, 3.63) is 30.3 Å². The third kappa shape index (κ3) is 2.70. The molecule has 1 aromatic rings. The number of rotatable bonds is 4. The van der Waals surface area contributed by atoms with Crippen molar-refractivity contribution in [3.8, 4) is 5.75 Å². The summed E-state index contributed by atoms with van der Waals surface area (Å²) in [5.41, 5.74) is 0. The smallest absolute Gasteiger partial charge is 0.349 e. The first-order valence-electron chi connectivity index (χ1n) is 4.43. The van der Waals surface area contributed by atoms with E-state index in [-0.39, 0.29) is 6.42 Å². The lowest BCUT2D eigenvalue weighted by Gasteiger charge is -2.26. The molecule has 1 rings (SSSR count). The number of para-hydroxylation sites is 1. The van der Waals surface area contributed by atoms with Crippen LogP contribution in [0.3, 0.4) is 0 Å². The Bertz CT molecular complexity index is 271. The lowest BCUT2D eigenvalue weighted by atomic mass is 10.2. The first-order valence-corrected chi connectivity index (χ1v) is 4.43. The van der Waals surface area contributed by atoms with Crippen LogP contribution in [0.1, 0.15) is 13.3 Å². The molecule has 0 radical (unpaired) electrons. The van der Waals surface area contributed by atoms with E-state index in [1.807, 2.05) is 0 Å². The Hall–Kier alpha value is -1.10. The molecule has 0 amide bonds. The molecule has 0 aliphatic heterocycles. The Labute approximate surface area is 82.4 Å². The molecule has 0 aliphatic carbocycles. The average molecular weight is 198 g/mol. The lowest BCUT2D eigenvalue weighted by Crippen LogP contribution is -2.47. The van der Waals surface area contributed by atoms with Crippen molar-refractivity contribution in [1.29, 1.82) is 0 Å². The predicted octanol–water partition coefficient (Wildman–Crippen LogP) is 0.475. The zero-order valence-corrected chi connectivity index (χ0v) is 7.92. The molecule has 1 aromatic carbocycles. The maximum absolute atomic E-state index is 9.32. The minimum absolute atomic E-state index is 0.194. The highest BCUT2D eigenvalue weighted by atomic mass is 16.8. The molecule has 0 aliphatic rings. The van der Waals surface area contributed by atoms with E-state index < -0.39 is 12.1 Å². The lowest BCUT2D eigenvalue weighted by molar-refractivity contribution is -0.337. The largest absolute Gasteiger partial charge is 0.437 e. The maximum Gasteiger partial charge on any atom is 0.349 e. The van der Waals surface area contributed by atoms with Crippen LogP contribution >= 0.6 is 0 Å². The predicted molar refractivity (Wildman–Crippen MR) is 50.5 cm³/mol. The summed E-state index contributed by atoms with van der Waals surface area (Å²) in [6.45, 7) is 1.63. The summed E-state index contributed by atoms with van der Waals surface area (Å²) >= 11 is 0. The highest BCUT2D eigenvalue weighted by Gasteiger charge is 2.34. The van der Waals surface area contributed by atoms with Crippen molar-refractivity contribution >= 4 is 0 Å². The SMILES string of the molecule is CCC(O)C(O)(O)Oc1ccccc1. The van der Waals surface area contributed by atoms with Gasteiger partial charge in [-0.2, -0.15) is 0 Å². The molecule has 14 heavy (non-hydrogen) atoms. The summed E-state index contributed by atoms with van der Waals surface area (Å²) < 4.78 is 4.82. The summed E-state index contributed by atoms with van der Waals surface area (Å²) in [6.07, 6.45) is -1.14. The van der Waals surface area contributed by atoms with Gasteiger partial charge < -0.3 is 20.1 Å². The fourth-order valence-corrected chi connectivity index (χ4v) is 0.996. The van der Waals surface area contributed by atoms with Gasteiger partial charge in [0.15, 0.2) is 0 Å². The summed E-state index contributed by atoms with van der Waals surface area (Å²) in [6, 6.07) is 8.32. The van der Waals surface area contributed by atoms with Crippen LogP contribution in [0.4, 0.5) is 0 Å². The topological polar surface area (TPSA) is 69.9 Å². The van der Waals surface area contributed by atoms with Gasteiger partial charge in [-0.15, -0.1) is 0 Å². The van der Waals surface area contributed by atoms with Crippen molar-refractivity contribution in [2.75, 3.05) is 0 Å². The van der Waals surface area contributed by atoms with Gasteiger partial charge >= 0.3 is 5.97 Å². The third-order valence-corrected chi connectivity index (χ3v) is 1.83. The van der Waals surface area contributed by atoms with E-state index in [2.05, 4.69) is 0 Å². The van der Waals surface area contributed by atoms with Gasteiger partial charge in [-0.05, 0) is 18.6 Å². The minimum Gasteiger partial charge on any atom is -0.437 e. The van der Waals surface area contributed by atoms with Gasteiger partial charge in [-0.1, -0.05) is 25.1 Å². The summed E-state index contributed by atoms with van der Waals surface area (Å²) in [4.78, 5) is 0. The molecule has 0 fully saturated rings. The highest BCUT2D eigenvalue weighted by molar-refractivity contribution is 5.21. The Morgan fingerprint density at radius 2 is 1.86 bits per heavy atom. The monoisotopic (exact) mass is 198 g/mol. The standard InChI is InChI=1S/C10H14O4/c1-2-9(11)10(12,13)14-8-6-4-3-5-7-8/h3-7,9,11-13H,2H2,1H3. The number of hydrogen-bond donors (Lipinski definition) is 3. The Morgan fingerprint density at radius 1 is 1.29 bits per heavy atom. The summed E-state index contributed by atoms with van der Waals surface area (Å²) in [5.74, 6) is -2.24. The van der Waals surface area contributed by atoms with Gasteiger partial charge in [0, 0.05) is 0 Å². The first-order chi connectivity index (χ1) is 6.56. The van der Waals surface area contributed by atoms with E-state index in [1.165, 1.54) is 0 Å². The van der Waals surface area contributed by atoms with Gasteiger partial charge in [0.05, 0.1) is 0 Å². The number of hydrogen-bond acceptors (Lipinski definition) is 4. The quantitative estimate of drug-likeness (QED) is 0.615. The molecule has 78 valence electrons. The van der Waals surface area contributed by atoms with E-state index in [0.29, 0.717) is 5.75 Å². The second-order valence-electron chi connectivity index (χ2n) is 3.00. The fourth-order valence-electron chi connectivity index (χ4n) is 0.996. The van der Waals surface area contributed by atoms with Gasteiger partial charge in [0.1, 0.15) is 11.9 Å². The second-order valence-corrected chi connectivity index (χ2v) is 3.00. The molecule has 0 saturated heterocycles. The van der Waals surface area contributed by atoms with Crippen LogP contribution in [-0.2, 0) is 0 Å². The van der Waals surface area contributed by atoms with E-state index in [9.17, 15) is 15.3 Å². The van der Waals surface area contributed by atoms with Gasteiger partial charge in [-0.25, -0.2) is 0 Å². The average Bonchev–Trinajstić information content (AvgIpc) is 2.17.